The minimum atomic E-state index is -0.189. The second-order valence-electron chi connectivity index (χ2n) is 9.11. The Morgan fingerprint density at radius 3 is 2.81 bits per heavy atom. The maximum atomic E-state index is 13.4. The summed E-state index contributed by atoms with van der Waals surface area (Å²) in [4.78, 5) is 44.0. The summed E-state index contributed by atoms with van der Waals surface area (Å²) < 4.78 is 0. The molecule has 168 valence electrons. The van der Waals surface area contributed by atoms with Crippen LogP contribution in [-0.4, -0.2) is 51.8 Å². The molecule has 0 radical (unpaired) electrons. The lowest BCUT2D eigenvalue weighted by Crippen LogP contribution is -2.41. The third-order valence-electron chi connectivity index (χ3n) is 6.82. The number of nitrogens with one attached hydrogen (secondary N) is 1. The summed E-state index contributed by atoms with van der Waals surface area (Å²) in [6.45, 7) is 3.43. The summed E-state index contributed by atoms with van der Waals surface area (Å²) in [6, 6.07) is 3.35. The predicted molar refractivity (Wildman–Crippen MR) is 122 cm³/mol. The maximum Gasteiger partial charge on any atom is 0.254 e. The summed E-state index contributed by atoms with van der Waals surface area (Å²) in [5.74, 6) is 2.81. The Labute approximate surface area is 188 Å². The van der Waals surface area contributed by atoms with Crippen LogP contribution in [0.1, 0.15) is 72.0 Å². The summed E-state index contributed by atoms with van der Waals surface area (Å²) in [5.41, 5.74) is 2.62. The topological polar surface area (TPSA) is 91.3 Å². The maximum absolute atomic E-state index is 13.4. The van der Waals surface area contributed by atoms with E-state index in [-0.39, 0.29) is 17.9 Å². The van der Waals surface area contributed by atoms with Crippen LogP contribution >= 0.6 is 0 Å². The van der Waals surface area contributed by atoms with Gasteiger partial charge in [-0.3, -0.25) is 14.5 Å². The molecule has 0 aromatic carbocycles. The third kappa shape index (κ3) is 3.94. The Morgan fingerprint density at radius 1 is 1.19 bits per heavy atom. The van der Waals surface area contributed by atoms with Crippen molar-refractivity contribution in [1.82, 2.24) is 19.9 Å². The average molecular weight is 435 g/mol. The van der Waals surface area contributed by atoms with E-state index in [0.29, 0.717) is 42.5 Å². The molecule has 5 rings (SSSR count). The van der Waals surface area contributed by atoms with Crippen LogP contribution in [-0.2, 0) is 11.2 Å². The number of pyridine rings is 1. The van der Waals surface area contributed by atoms with Gasteiger partial charge in [-0.05, 0) is 63.5 Å². The van der Waals surface area contributed by atoms with Crippen LogP contribution in [0.15, 0.2) is 18.3 Å². The van der Waals surface area contributed by atoms with Gasteiger partial charge >= 0.3 is 0 Å². The zero-order chi connectivity index (χ0) is 22.2. The molecule has 1 saturated carbocycles. The van der Waals surface area contributed by atoms with E-state index in [1.807, 2.05) is 16.7 Å². The first-order valence-electron chi connectivity index (χ1n) is 11.7. The number of amides is 2. The van der Waals surface area contributed by atoms with Gasteiger partial charge in [0.2, 0.25) is 5.91 Å². The molecule has 1 atom stereocenters. The van der Waals surface area contributed by atoms with Gasteiger partial charge in [0, 0.05) is 49.6 Å². The summed E-state index contributed by atoms with van der Waals surface area (Å²) in [5, 5.41) is 3.00. The summed E-state index contributed by atoms with van der Waals surface area (Å²) >= 11 is 0. The van der Waals surface area contributed by atoms with Crippen LogP contribution in [0.3, 0.4) is 0 Å². The lowest BCUT2D eigenvalue weighted by atomic mass is 9.98. The second-order valence-corrected chi connectivity index (χ2v) is 9.11. The van der Waals surface area contributed by atoms with Crippen molar-refractivity contribution in [2.45, 2.75) is 57.9 Å². The molecule has 2 aromatic rings. The van der Waals surface area contributed by atoms with Gasteiger partial charge in [0.1, 0.15) is 11.6 Å². The molecule has 3 aliphatic rings. The van der Waals surface area contributed by atoms with Crippen molar-refractivity contribution < 1.29 is 9.59 Å². The standard InChI is InChI=1S/C24H30N6O2/c1-15-18-8-9-21(31)30(14-16-6-7-16)23(18)28-22(27-15)19-5-3-4-12-29(19)24(32)17-10-11-26-20(13-17)25-2/h10-11,13,16,19H,3-9,12,14H2,1-2H3,(H,25,26). The molecule has 8 nitrogen and oxygen atoms in total. The van der Waals surface area contributed by atoms with Gasteiger partial charge in [-0.15, -0.1) is 0 Å². The van der Waals surface area contributed by atoms with Crippen molar-refractivity contribution in [3.8, 4) is 0 Å². The number of anilines is 2. The highest BCUT2D eigenvalue weighted by Gasteiger charge is 2.36. The molecule has 2 amide bonds. The van der Waals surface area contributed by atoms with E-state index >= 15 is 0 Å². The average Bonchev–Trinajstić information content (AvgIpc) is 3.64. The van der Waals surface area contributed by atoms with Gasteiger partial charge < -0.3 is 10.2 Å². The first kappa shape index (κ1) is 20.8. The molecule has 1 aliphatic carbocycles. The van der Waals surface area contributed by atoms with Gasteiger partial charge in [-0.25, -0.2) is 15.0 Å². The van der Waals surface area contributed by atoms with Gasteiger partial charge in [0.05, 0.1) is 6.04 Å². The largest absolute Gasteiger partial charge is 0.373 e. The summed E-state index contributed by atoms with van der Waals surface area (Å²) in [6.07, 6.45) is 8.04. The highest BCUT2D eigenvalue weighted by Crippen LogP contribution is 2.37. The highest BCUT2D eigenvalue weighted by molar-refractivity contribution is 5.96. The van der Waals surface area contributed by atoms with E-state index in [9.17, 15) is 9.59 Å². The first-order valence-corrected chi connectivity index (χ1v) is 11.7. The molecule has 32 heavy (non-hydrogen) atoms. The zero-order valence-corrected chi connectivity index (χ0v) is 18.8. The van der Waals surface area contributed by atoms with Gasteiger partial charge in [0.25, 0.3) is 5.91 Å². The van der Waals surface area contributed by atoms with Crippen LogP contribution < -0.4 is 10.2 Å². The Hall–Kier alpha value is -3.03. The molecular weight excluding hydrogens is 404 g/mol. The van der Waals surface area contributed by atoms with Crippen molar-refractivity contribution in [3.05, 3.63) is 41.0 Å². The van der Waals surface area contributed by atoms with Crippen molar-refractivity contribution in [1.29, 1.82) is 0 Å². The van der Waals surface area contributed by atoms with Gasteiger partial charge in [-0.1, -0.05) is 0 Å². The number of carbonyl (C=O) groups is 2. The molecule has 2 aliphatic heterocycles. The predicted octanol–water partition coefficient (Wildman–Crippen LogP) is 3.28. The lowest BCUT2D eigenvalue weighted by Gasteiger charge is -2.36. The summed E-state index contributed by atoms with van der Waals surface area (Å²) in [7, 11) is 1.79. The van der Waals surface area contributed by atoms with Crippen LogP contribution in [0.2, 0.25) is 0 Å². The van der Waals surface area contributed by atoms with E-state index < -0.39 is 0 Å². The molecule has 2 aromatic heterocycles. The Bertz CT molecular complexity index is 1050. The molecule has 1 saturated heterocycles. The monoisotopic (exact) mass is 434 g/mol. The molecule has 0 spiro atoms. The number of fused-ring (bicyclic) bond motifs is 1. The van der Waals surface area contributed by atoms with Gasteiger partial charge in [-0.2, -0.15) is 0 Å². The minimum Gasteiger partial charge on any atom is -0.373 e. The van der Waals surface area contributed by atoms with Crippen molar-refractivity contribution in [3.63, 3.8) is 0 Å². The van der Waals surface area contributed by atoms with Crippen molar-refractivity contribution in [2.75, 3.05) is 30.4 Å². The van der Waals surface area contributed by atoms with Gasteiger partial charge in [0.15, 0.2) is 5.82 Å². The van der Waals surface area contributed by atoms with E-state index in [4.69, 9.17) is 9.97 Å². The normalized spacial score (nSPS) is 20.8. The number of likely N-dealkylation sites (tertiary alicyclic amines) is 1. The van der Waals surface area contributed by atoms with Crippen LogP contribution in [0, 0.1) is 12.8 Å². The highest BCUT2D eigenvalue weighted by atomic mass is 16.2. The Morgan fingerprint density at radius 2 is 2.03 bits per heavy atom. The SMILES string of the molecule is CNc1cc(C(=O)N2CCCCC2c2nc(C)c3c(n2)N(CC2CC2)C(=O)CC3)ccn1. The molecular formula is C24H30N6O2. The molecule has 4 heterocycles. The fourth-order valence-corrected chi connectivity index (χ4v) is 4.81. The zero-order valence-electron chi connectivity index (χ0n) is 18.8. The second kappa shape index (κ2) is 8.48. The third-order valence-corrected chi connectivity index (χ3v) is 6.82. The first-order chi connectivity index (χ1) is 15.5. The number of hydrogen-bond acceptors (Lipinski definition) is 6. The number of carbonyl (C=O) groups excluding carboxylic acids is 2. The quantitative estimate of drug-likeness (QED) is 0.777. The number of piperidine rings is 1. The lowest BCUT2D eigenvalue weighted by molar-refractivity contribution is -0.119. The fraction of sp³-hybridized carbons (Fsp3) is 0.542. The number of aromatic nitrogens is 3. The number of nitrogens with zero attached hydrogens (tertiary/aromatic N) is 5. The van der Waals surface area contributed by atoms with Crippen LogP contribution in [0.5, 0.6) is 0 Å². The van der Waals surface area contributed by atoms with Crippen molar-refractivity contribution >= 4 is 23.5 Å². The number of hydrogen-bond donors (Lipinski definition) is 1. The fourth-order valence-electron chi connectivity index (χ4n) is 4.81. The van der Waals surface area contributed by atoms with E-state index in [1.54, 1.807) is 25.4 Å². The van der Waals surface area contributed by atoms with E-state index in [2.05, 4.69) is 10.3 Å². The number of rotatable bonds is 5. The minimum absolute atomic E-state index is 0.0292. The van der Waals surface area contributed by atoms with E-state index in [1.165, 1.54) is 12.8 Å². The Kier molecular flexibility index (Phi) is 5.53. The Balaban J connectivity index is 1.49. The van der Waals surface area contributed by atoms with E-state index in [0.717, 1.165) is 42.9 Å². The van der Waals surface area contributed by atoms with Crippen LogP contribution in [0.4, 0.5) is 11.6 Å². The molecule has 2 fully saturated rings. The smallest absolute Gasteiger partial charge is 0.254 e. The molecule has 1 N–H and O–H groups in total. The molecule has 0 bridgehead atoms. The number of aryl methyl sites for hydroxylation is 1. The van der Waals surface area contributed by atoms with Crippen LogP contribution in [0.25, 0.3) is 0 Å². The van der Waals surface area contributed by atoms with Crippen molar-refractivity contribution in [2.24, 2.45) is 5.92 Å². The molecule has 1 unspecified atom stereocenters. The molecule has 8 heteroatoms.